The fraction of sp³-hybridized carbons (Fsp3) is 0.250. The number of carbonyl (C=O) groups excluding carboxylic acids is 1. The first-order valence-corrected chi connectivity index (χ1v) is 10.2. The molecule has 152 valence electrons. The van der Waals surface area contributed by atoms with Crippen LogP contribution in [0.1, 0.15) is 28.8 Å². The molecule has 6 heteroatoms. The van der Waals surface area contributed by atoms with Gasteiger partial charge in [-0.25, -0.2) is 4.98 Å². The van der Waals surface area contributed by atoms with Crippen molar-refractivity contribution in [3.05, 3.63) is 78.0 Å². The summed E-state index contributed by atoms with van der Waals surface area (Å²) in [5.74, 6) is 2.30. The minimum atomic E-state index is -0.0839. The zero-order chi connectivity index (χ0) is 20.3. The van der Waals surface area contributed by atoms with Gasteiger partial charge in [-0.05, 0) is 54.8 Å². The van der Waals surface area contributed by atoms with Crippen LogP contribution in [0.3, 0.4) is 0 Å². The summed E-state index contributed by atoms with van der Waals surface area (Å²) in [6, 6.07) is 19.3. The van der Waals surface area contributed by atoms with Crippen LogP contribution in [0.5, 0.6) is 11.5 Å². The summed E-state index contributed by atoms with van der Waals surface area (Å²) in [5.41, 5.74) is 2.38. The number of pyridine rings is 1. The normalized spacial score (nSPS) is 14.7. The van der Waals surface area contributed by atoms with Crippen LogP contribution in [0.25, 0.3) is 0 Å². The third-order valence-electron chi connectivity index (χ3n) is 5.52. The number of fused-ring (bicyclic) bond motifs is 1. The van der Waals surface area contributed by atoms with Gasteiger partial charge in [-0.3, -0.25) is 4.79 Å². The summed E-state index contributed by atoms with van der Waals surface area (Å²) in [4.78, 5) is 22.0. The second-order valence-corrected chi connectivity index (χ2v) is 7.51. The summed E-state index contributed by atoms with van der Waals surface area (Å²) in [6.45, 7) is 2.71. The summed E-state index contributed by atoms with van der Waals surface area (Å²) in [5, 5.41) is 0. The molecule has 30 heavy (non-hydrogen) atoms. The molecular weight excluding hydrogens is 378 g/mol. The van der Waals surface area contributed by atoms with E-state index in [9.17, 15) is 4.79 Å². The predicted octanol–water partition coefficient (Wildman–Crippen LogP) is 4.26. The summed E-state index contributed by atoms with van der Waals surface area (Å²) in [7, 11) is 0. The molecule has 0 bridgehead atoms. The third-order valence-corrected chi connectivity index (χ3v) is 5.52. The van der Waals surface area contributed by atoms with Gasteiger partial charge in [0.15, 0.2) is 11.5 Å². The van der Waals surface area contributed by atoms with Crippen LogP contribution in [-0.4, -0.2) is 30.8 Å². The number of nitrogens with zero attached hydrogens (tertiary/aromatic N) is 3. The maximum absolute atomic E-state index is 13.4. The van der Waals surface area contributed by atoms with Crippen molar-refractivity contribution in [3.63, 3.8) is 0 Å². The molecular formula is C24H23N3O3. The average Bonchev–Trinajstić information content (AvgIpc) is 3.49. The largest absolute Gasteiger partial charge is 0.454 e. The molecule has 0 unspecified atom stereocenters. The molecule has 0 aliphatic carbocycles. The van der Waals surface area contributed by atoms with Crippen molar-refractivity contribution in [2.75, 3.05) is 29.7 Å². The number of carbonyl (C=O) groups is 1. The van der Waals surface area contributed by atoms with Gasteiger partial charge < -0.3 is 19.3 Å². The summed E-state index contributed by atoms with van der Waals surface area (Å²) >= 11 is 0. The van der Waals surface area contributed by atoms with E-state index in [-0.39, 0.29) is 12.7 Å². The molecule has 1 saturated heterocycles. The van der Waals surface area contributed by atoms with Crippen LogP contribution in [0.2, 0.25) is 0 Å². The van der Waals surface area contributed by atoms with Crippen LogP contribution in [0.4, 0.5) is 11.5 Å². The Morgan fingerprint density at radius 1 is 0.967 bits per heavy atom. The average molecular weight is 401 g/mol. The molecule has 0 N–H and O–H groups in total. The van der Waals surface area contributed by atoms with E-state index in [1.54, 1.807) is 11.1 Å². The molecule has 2 aliphatic rings. The van der Waals surface area contributed by atoms with Crippen LogP contribution in [0, 0.1) is 0 Å². The molecule has 0 saturated carbocycles. The van der Waals surface area contributed by atoms with Crippen molar-refractivity contribution >= 4 is 17.4 Å². The Bertz CT molecular complexity index is 1030. The second kappa shape index (κ2) is 8.06. The van der Waals surface area contributed by atoms with Crippen molar-refractivity contribution in [1.82, 2.24) is 4.98 Å². The number of anilines is 2. The minimum Gasteiger partial charge on any atom is -0.454 e. The van der Waals surface area contributed by atoms with Crippen LogP contribution in [-0.2, 0) is 6.54 Å². The molecule has 6 nitrogen and oxygen atoms in total. The quantitative estimate of drug-likeness (QED) is 0.640. The molecule has 0 radical (unpaired) electrons. The highest BCUT2D eigenvalue weighted by Crippen LogP contribution is 2.33. The molecule has 1 fully saturated rings. The van der Waals surface area contributed by atoms with E-state index in [2.05, 4.69) is 9.88 Å². The third kappa shape index (κ3) is 3.68. The number of amides is 1. The van der Waals surface area contributed by atoms with Gasteiger partial charge in [0, 0.05) is 25.0 Å². The molecule has 3 heterocycles. The highest BCUT2D eigenvalue weighted by atomic mass is 16.7. The van der Waals surface area contributed by atoms with Gasteiger partial charge in [-0.1, -0.05) is 24.3 Å². The van der Waals surface area contributed by atoms with E-state index in [4.69, 9.17) is 9.47 Å². The second-order valence-electron chi connectivity index (χ2n) is 7.51. The molecule has 1 aromatic heterocycles. The van der Waals surface area contributed by atoms with Crippen LogP contribution in [0.15, 0.2) is 66.9 Å². The summed E-state index contributed by atoms with van der Waals surface area (Å²) < 4.78 is 10.9. The molecule has 0 atom stereocenters. The standard InChI is InChI=1S/C24H23N3O3/c28-24(19-9-11-23(25-15-19)26-12-4-5-13-26)27(20-6-2-1-3-7-20)16-18-8-10-21-22(14-18)30-17-29-21/h1-3,6-11,14-15H,4-5,12-13,16-17H2. The monoisotopic (exact) mass is 401 g/mol. The van der Waals surface area contributed by atoms with Gasteiger partial charge in [-0.2, -0.15) is 0 Å². The highest BCUT2D eigenvalue weighted by molar-refractivity contribution is 6.05. The van der Waals surface area contributed by atoms with Gasteiger partial charge in [0.1, 0.15) is 5.82 Å². The maximum atomic E-state index is 13.4. The lowest BCUT2D eigenvalue weighted by Crippen LogP contribution is -2.30. The van der Waals surface area contributed by atoms with Crippen LogP contribution < -0.4 is 19.3 Å². The first-order chi connectivity index (χ1) is 14.8. The number of hydrogen-bond donors (Lipinski definition) is 0. The fourth-order valence-electron chi connectivity index (χ4n) is 3.91. The van der Waals surface area contributed by atoms with E-state index in [0.29, 0.717) is 17.9 Å². The first kappa shape index (κ1) is 18.5. The Balaban J connectivity index is 1.42. The molecule has 2 aliphatic heterocycles. The van der Waals surface area contributed by atoms with E-state index < -0.39 is 0 Å². The smallest absolute Gasteiger partial charge is 0.260 e. The topological polar surface area (TPSA) is 54.9 Å². The first-order valence-electron chi connectivity index (χ1n) is 10.2. The zero-order valence-corrected chi connectivity index (χ0v) is 16.7. The van der Waals surface area contributed by atoms with E-state index >= 15 is 0 Å². The van der Waals surface area contributed by atoms with E-state index in [1.807, 2.05) is 60.7 Å². The Morgan fingerprint density at radius 2 is 1.77 bits per heavy atom. The number of benzene rings is 2. The van der Waals surface area contributed by atoms with E-state index in [0.717, 1.165) is 35.9 Å². The summed E-state index contributed by atoms with van der Waals surface area (Å²) in [6.07, 6.45) is 4.07. The molecule has 1 amide bonds. The number of ether oxygens (including phenoxy) is 2. The molecule has 0 spiro atoms. The highest BCUT2D eigenvalue weighted by Gasteiger charge is 2.21. The Morgan fingerprint density at radius 3 is 2.53 bits per heavy atom. The van der Waals surface area contributed by atoms with Gasteiger partial charge in [-0.15, -0.1) is 0 Å². The molecule has 3 aromatic rings. The number of aromatic nitrogens is 1. The zero-order valence-electron chi connectivity index (χ0n) is 16.7. The lowest BCUT2D eigenvalue weighted by atomic mass is 10.1. The van der Waals surface area contributed by atoms with Crippen molar-refractivity contribution < 1.29 is 14.3 Å². The Labute approximate surface area is 175 Å². The Hall–Kier alpha value is -3.54. The van der Waals surface area contributed by atoms with Gasteiger partial charge in [0.2, 0.25) is 6.79 Å². The SMILES string of the molecule is O=C(c1ccc(N2CCCC2)nc1)N(Cc1ccc2c(c1)OCO2)c1ccccc1. The fourth-order valence-corrected chi connectivity index (χ4v) is 3.91. The lowest BCUT2D eigenvalue weighted by molar-refractivity contribution is 0.0984. The van der Waals surface area contributed by atoms with Crippen molar-refractivity contribution in [3.8, 4) is 11.5 Å². The van der Waals surface area contributed by atoms with Crippen LogP contribution >= 0.6 is 0 Å². The van der Waals surface area contributed by atoms with Crippen molar-refractivity contribution in [2.24, 2.45) is 0 Å². The maximum Gasteiger partial charge on any atom is 0.260 e. The number of hydrogen-bond acceptors (Lipinski definition) is 5. The minimum absolute atomic E-state index is 0.0839. The van der Waals surface area contributed by atoms with Crippen molar-refractivity contribution in [2.45, 2.75) is 19.4 Å². The van der Waals surface area contributed by atoms with Gasteiger partial charge in [0.25, 0.3) is 5.91 Å². The molecule has 2 aromatic carbocycles. The molecule has 5 rings (SSSR count). The van der Waals surface area contributed by atoms with Gasteiger partial charge in [0.05, 0.1) is 12.1 Å². The number of para-hydroxylation sites is 1. The number of rotatable bonds is 5. The van der Waals surface area contributed by atoms with E-state index in [1.165, 1.54) is 12.8 Å². The Kier molecular flexibility index (Phi) is 4.97. The lowest BCUT2D eigenvalue weighted by Gasteiger charge is -2.24. The predicted molar refractivity (Wildman–Crippen MR) is 115 cm³/mol. The van der Waals surface area contributed by atoms with Crippen molar-refractivity contribution in [1.29, 1.82) is 0 Å². The van der Waals surface area contributed by atoms with Gasteiger partial charge >= 0.3 is 0 Å².